The van der Waals surface area contributed by atoms with Gasteiger partial charge in [-0.3, -0.25) is 9.59 Å². The summed E-state index contributed by atoms with van der Waals surface area (Å²) < 4.78 is 0. The van der Waals surface area contributed by atoms with Crippen LogP contribution in [0.15, 0.2) is 97.1 Å². The van der Waals surface area contributed by atoms with E-state index < -0.39 is 5.41 Å². The van der Waals surface area contributed by atoms with Crippen molar-refractivity contribution < 1.29 is 19.8 Å². The van der Waals surface area contributed by atoms with Crippen LogP contribution in [0.5, 0.6) is 11.5 Å². The number of Topliss-reactive ketones (excluding diaryl/α,β-unsaturated/α-hetero) is 2. The number of carbonyl (C=O) groups excluding carboxylic acids is 2. The molecule has 0 amide bonds. The maximum Gasteiger partial charge on any atom is 0.167 e. The van der Waals surface area contributed by atoms with E-state index in [0.29, 0.717) is 22.3 Å². The molecular weight excluding hydrogens is 436 g/mol. The van der Waals surface area contributed by atoms with Gasteiger partial charge >= 0.3 is 0 Å². The normalized spacial score (nSPS) is 11.3. The van der Waals surface area contributed by atoms with E-state index in [1.54, 1.807) is 24.3 Å². The minimum atomic E-state index is -0.768. The predicted octanol–water partition coefficient (Wildman–Crippen LogP) is 6.27. The first-order chi connectivity index (χ1) is 16.8. The maximum atomic E-state index is 12.7. The van der Waals surface area contributed by atoms with Gasteiger partial charge in [-0.25, -0.2) is 0 Å². The third-order valence-electron chi connectivity index (χ3n) is 6.40. The van der Waals surface area contributed by atoms with Gasteiger partial charge in [0.15, 0.2) is 11.6 Å². The number of phenols is 2. The molecule has 0 saturated heterocycles. The Morgan fingerprint density at radius 3 is 1.31 bits per heavy atom. The van der Waals surface area contributed by atoms with Crippen molar-refractivity contribution in [2.75, 3.05) is 0 Å². The van der Waals surface area contributed by atoms with Crippen molar-refractivity contribution >= 4 is 11.6 Å². The average Bonchev–Trinajstić information content (AvgIpc) is 2.84. The van der Waals surface area contributed by atoms with Crippen molar-refractivity contribution in [1.29, 1.82) is 0 Å². The second kappa shape index (κ2) is 9.98. The molecule has 2 N–H and O–H groups in total. The summed E-state index contributed by atoms with van der Waals surface area (Å²) in [5.41, 5.74) is 3.06. The Morgan fingerprint density at radius 1 is 0.600 bits per heavy atom. The number of carbonyl (C=O) groups is 2. The Morgan fingerprint density at radius 2 is 0.971 bits per heavy atom. The molecule has 176 valence electrons. The number of benzene rings is 4. The van der Waals surface area contributed by atoms with Crippen LogP contribution in [0.2, 0.25) is 0 Å². The molecule has 4 nitrogen and oxygen atoms in total. The summed E-state index contributed by atoms with van der Waals surface area (Å²) in [6, 6.07) is 28.8. The van der Waals surface area contributed by atoms with E-state index in [2.05, 4.69) is 0 Å². The molecular formula is C31H28O4. The molecule has 0 aliphatic heterocycles. The Kier molecular flexibility index (Phi) is 6.83. The molecule has 4 aromatic rings. The zero-order chi connectivity index (χ0) is 25.0. The van der Waals surface area contributed by atoms with Crippen LogP contribution in [-0.4, -0.2) is 21.8 Å². The molecule has 4 rings (SSSR count). The monoisotopic (exact) mass is 464 g/mol. The topological polar surface area (TPSA) is 74.6 Å². The van der Waals surface area contributed by atoms with E-state index in [9.17, 15) is 19.8 Å². The zero-order valence-corrected chi connectivity index (χ0v) is 19.9. The lowest BCUT2D eigenvalue weighted by atomic mass is 9.76. The van der Waals surface area contributed by atoms with Crippen LogP contribution in [0, 0.1) is 0 Å². The third-order valence-corrected chi connectivity index (χ3v) is 6.40. The number of hydrogen-bond donors (Lipinski definition) is 2. The molecule has 0 heterocycles. The minimum absolute atomic E-state index is 0.0162. The lowest BCUT2D eigenvalue weighted by Crippen LogP contribution is -2.20. The molecule has 0 atom stereocenters. The van der Waals surface area contributed by atoms with E-state index in [1.807, 2.05) is 74.5 Å². The quantitative estimate of drug-likeness (QED) is 0.301. The van der Waals surface area contributed by atoms with Gasteiger partial charge in [-0.15, -0.1) is 0 Å². The minimum Gasteiger partial charge on any atom is -0.508 e. The van der Waals surface area contributed by atoms with Crippen molar-refractivity contribution in [2.45, 2.75) is 32.1 Å². The van der Waals surface area contributed by atoms with Crippen molar-refractivity contribution in [3.63, 3.8) is 0 Å². The van der Waals surface area contributed by atoms with Gasteiger partial charge in [-0.2, -0.15) is 0 Å². The van der Waals surface area contributed by atoms with E-state index in [4.69, 9.17) is 0 Å². The Labute approximate surface area is 205 Å². The van der Waals surface area contributed by atoms with Crippen molar-refractivity contribution in [1.82, 2.24) is 0 Å². The third kappa shape index (κ3) is 5.33. The van der Waals surface area contributed by atoms with Crippen LogP contribution in [0.1, 0.15) is 56.8 Å². The lowest BCUT2D eigenvalue weighted by Gasteiger charge is -2.28. The fraction of sp³-hybridized carbons (Fsp3) is 0.161. The molecule has 4 heteroatoms. The van der Waals surface area contributed by atoms with Gasteiger partial charge in [0, 0.05) is 40.5 Å². The van der Waals surface area contributed by atoms with Crippen LogP contribution in [0.4, 0.5) is 0 Å². The Hall–Kier alpha value is -4.18. The molecule has 0 aliphatic carbocycles. The summed E-state index contributed by atoms with van der Waals surface area (Å²) in [4.78, 5) is 25.4. The molecule has 0 fully saturated rings. The highest BCUT2D eigenvalue weighted by Gasteiger charge is 2.30. The van der Waals surface area contributed by atoms with Gasteiger partial charge in [0.1, 0.15) is 11.5 Å². The Balaban J connectivity index is 1.55. The van der Waals surface area contributed by atoms with E-state index in [1.165, 1.54) is 12.1 Å². The number of rotatable bonds is 8. The second-order valence-electron chi connectivity index (χ2n) is 9.26. The van der Waals surface area contributed by atoms with Crippen molar-refractivity contribution in [3.8, 4) is 11.5 Å². The molecule has 0 spiro atoms. The van der Waals surface area contributed by atoms with Gasteiger partial charge in [0.05, 0.1) is 0 Å². The fourth-order valence-electron chi connectivity index (χ4n) is 4.38. The van der Waals surface area contributed by atoms with Crippen molar-refractivity contribution in [2.24, 2.45) is 0 Å². The standard InChI is InChI=1S/C31H28O4/c1-31(2,25-15-13-23(19-29(25)34)27(32)17-21-9-5-3-6-10-21)26-16-14-24(20-30(26)35)28(33)18-22-11-7-4-8-12-22/h3-16,19-20,34-35H,17-18H2,1-2H3. The van der Waals surface area contributed by atoms with Gasteiger partial charge in [-0.1, -0.05) is 98.8 Å². The fourth-order valence-corrected chi connectivity index (χ4v) is 4.38. The molecule has 0 bridgehead atoms. The molecule has 0 aliphatic rings. The van der Waals surface area contributed by atoms with Crippen LogP contribution < -0.4 is 0 Å². The summed E-state index contributed by atoms with van der Waals surface area (Å²) in [7, 11) is 0. The second-order valence-corrected chi connectivity index (χ2v) is 9.26. The summed E-state index contributed by atoms with van der Waals surface area (Å²) in [5, 5.41) is 21.6. The van der Waals surface area contributed by atoms with Crippen LogP contribution in [0.25, 0.3) is 0 Å². The molecule has 35 heavy (non-hydrogen) atoms. The molecule has 0 aromatic heterocycles. The average molecular weight is 465 g/mol. The summed E-state index contributed by atoms with van der Waals surface area (Å²) in [6.45, 7) is 3.77. The van der Waals surface area contributed by atoms with Gasteiger partial charge in [0.25, 0.3) is 0 Å². The zero-order valence-electron chi connectivity index (χ0n) is 19.9. The maximum absolute atomic E-state index is 12.7. The smallest absolute Gasteiger partial charge is 0.167 e. The number of phenolic OH excluding ortho intramolecular Hbond substituents is 2. The SMILES string of the molecule is CC(C)(c1ccc(C(=O)Cc2ccccc2)cc1O)c1ccc(C(=O)Cc2ccccc2)cc1O. The van der Waals surface area contributed by atoms with Crippen LogP contribution in [0.3, 0.4) is 0 Å². The van der Waals surface area contributed by atoms with E-state index in [-0.39, 0.29) is 35.9 Å². The van der Waals surface area contributed by atoms with E-state index >= 15 is 0 Å². The van der Waals surface area contributed by atoms with E-state index in [0.717, 1.165) is 11.1 Å². The first kappa shape index (κ1) is 24.0. The van der Waals surface area contributed by atoms with Gasteiger partial charge < -0.3 is 10.2 Å². The molecule has 4 aromatic carbocycles. The van der Waals surface area contributed by atoms with Crippen LogP contribution >= 0.6 is 0 Å². The van der Waals surface area contributed by atoms with Crippen LogP contribution in [-0.2, 0) is 18.3 Å². The molecule has 0 radical (unpaired) electrons. The summed E-state index contributed by atoms with van der Waals surface area (Å²) >= 11 is 0. The highest BCUT2D eigenvalue weighted by molar-refractivity contribution is 5.98. The summed E-state index contributed by atoms with van der Waals surface area (Å²) in [5.74, 6) is -0.199. The first-order valence-electron chi connectivity index (χ1n) is 11.6. The Bertz CT molecular complexity index is 1250. The van der Waals surface area contributed by atoms with Gasteiger partial charge in [0.2, 0.25) is 0 Å². The number of aromatic hydroxyl groups is 2. The highest BCUT2D eigenvalue weighted by atomic mass is 16.3. The first-order valence-corrected chi connectivity index (χ1v) is 11.6. The largest absolute Gasteiger partial charge is 0.508 e. The number of ketones is 2. The van der Waals surface area contributed by atoms with Crippen molar-refractivity contribution in [3.05, 3.63) is 130 Å². The summed E-state index contributed by atoms with van der Waals surface area (Å²) in [6.07, 6.45) is 0.505. The highest BCUT2D eigenvalue weighted by Crippen LogP contribution is 2.41. The molecule has 0 unspecified atom stereocenters. The predicted molar refractivity (Wildman–Crippen MR) is 137 cm³/mol. The van der Waals surface area contributed by atoms with Gasteiger partial charge in [-0.05, 0) is 23.3 Å². The number of hydrogen-bond acceptors (Lipinski definition) is 4. The lowest BCUT2D eigenvalue weighted by molar-refractivity contribution is 0.0984. The molecule has 0 saturated carbocycles.